The van der Waals surface area contributed by atoms with Crippen molar-refractivity contribution < 1.29 is 4.79 Å². The van der Waals surface area contributed by atoms with Crippen molar-refractivity contribution in [3.63, 3.8) is 0 Å². The zero-order valence-electron chi connectivity index (χ0n) is 8.92. The molecule has 1 aliphatic carbocycles. The summed E-state index contributed by atoms with van der Waals surface area (Å²) in [5.41, 5.74) is 0. The summed E-state index contributed by atoms with van der Waals surface area (Å²) >= 11 is 0. The van der Waals surface area contributed by atoms with E-state index in [4.69, 9.17) is 0 Å². The summed E-state index contributed by atoms with van der Waals surface area (Å²) in [6.45, 7) is 6.77. The minimum atomic E-state index is 0.418. The van der Waals surface area contributed by atoms with Gasteiger partial charge in [0.15, 0.2) is 0 Å². The maximum atomic E-state index is 10.4. The Morgan fingerprint density at radius 2 is 2.08 bits per heavy atom. The van der Waals surface area contributed by atoms with Crippen LogP contribution in [0.5, 0.6) is 0 Å². The van der Waals surface area contributed by atoms with Crippen molar-refractivity contribution in [1.82, 2.24) is 5.32 Å². The van der Waals surface area contributed by atoms with Gasteiger partial charge in [-0.1, -0.05) is 27.2 Å². The van der Waals surface area contributed by atoms with Crippen LogP contribution in [0.3, 0.4) is 0 Å². The normalized spacial score (nSPS) is 34.6. The van der Waals surface area contributed by atoms with Gasteiger partial charge in [-0.25, -0.2) is 0 Å². The highest BCUT2D eigenvalue weighted by atomic mass is 16.1. The first-order valence-electron chi connectivity index (χ1n) is 5.34. The Bertz CT molecular complexity index is 167. The first-order chi connectivity index (χ1) is 6.15. The van der Waals surface area contributed by atoms with Crippen molar-refractivity contribution in [3.05, 3.63) is 0 Å². The predicted molar refractivity (Wildman–Crippen MR) is 54.3 cm³/mol. The molecule has 0 aliphatic heterocycles. The molecular weight excluding hydrogens is 162 g/mol. The number of carbonyl (C=O) groups excluding carboxylic acids is 1. The van der Waals surface area contributed by atoms with Crippen LogP contribution in [-0.4, -0.2) is 12.5 Å². The smallest absolute Gasteiger partial charge is 0.207 e. The highest BCUT2D eigenvalue weighted by Crippen LogP contribution is 2.33. The lowest BCUT2D eigenvalue weighted by Gasteiger charge is -2.36. The summed E-state index contributed by atoms with van der Waals surface area (Å²) in [6, 6.07) is 0.418. The molecule has 0 aromatic carbocycles. The first kappa shape index (κ1) is 10.6. The van der Waals surface area contributed by atoms with Crippen molar-refractivity contribution in [3.8, 4) is 0 Å². The number of amides is 1. The van der Waals surface area contributed by atoms with Gasteiger partial charge in [-0.05, 0) is 30.6 Å². The third kappa shape index (κ3) is 2.71. The predicted octanol–water partition coefficient (Wildman–Crippen LogP) is 2.19. The molecule has 0 spiro atoms. The van der Waals surface area contributed by atoms with Crippen LogP contribution in [0.2, 0.25) is 0 Å². The number of rotatable bonds is 3. The fraction of sp³-hybridized carbons (Fsp3) is 0.909. The van der Waals surface area contributed by atoms with Crippen LogP contribution in [-0.2, 0) is 4.79 Å². The van der Waals surface area contributed by atoms with Gasteiger partial charge in [0.25, 0.3) is 0 Å². The van der Waals surface area contributed by atoms with Crippen LogP contribution in [0, 0.1) is 17.8 Å². The minimum Gasteiger partial charge on any atom is -0.356 e. The van der Waals surface area contributed by atoms with Crippen molar-refractivity contribution >= 4 is 6.41 Å². The van der Waals surface area contributed by atoms with Crippen LogP contribution in [0.4, 0.5) is 0 Å². The number of carbonyl (C=O) groups is 1. The molecule has 13 heavy (non-hydrogen) atoms. The molecule has 76 valence electrons. The summed E-state index contributed by atoms with van der Waals surface area (Å²) in [7, 11) is 0. The molecule has 0 radical (unpaired) electrons. The maximum absolute atomic E-state index is 10.4. The summed E-state index contributed by atoms with van der Waals surface area (Å²) in [5.74, 6) is 2.14. The third-order valence-corrected chi connectivity index (χ3v) is 3.30. The van der Waals surface area contributed by atoms with Crippen molar-refractivity contribution in [2.45, 2.75) is 46.1 Å². The monoisotopic (exact) mass is 183 g/mol. The van der Waals surface area contributed by atoms with E-state index in [-0.39, 0.29) is 0 Å². The lowest BCUT2D eigenvalue weighted by molar-refractivity contribution is -0.111. The Hall–Kier alpha value is -0.530. The summed E-state index contributed by atoms with van der Waals surface area (Å²) in [6.07, 6.45) is 4.60. The van der Waals surface area contributed by atoms with Crippen LogP contribution in [0.25, 0.3) is 0 Å². The summed E-state index contributed by atoms with van der Waals surface area (Å²) in [4.78, 5) is 10.4. The first-order valence-corrected chi connectivity index (χ1v) is 5.34. The Morgan fingerprint density at radius 3 is 2.62 bits per heavy atom. The van der Waals surface area contributed by atoms with E-state index in [9.17, 15) is 4.79 Å². The van der Waals surface area contributed by atoms with Gasteiger partial charge < -0.3 is 5.32 Å². The van der Waals surface area contributed by atoms with Gasteiger partial charge in [-0.3, -0.25) is 4.79 Å². The lowest BCUT2D eigenvalue weighted by atomic mass is 9.74. The van der Waals surface area contributed by atoms with E-state index in [2.05, 4.69) is 26.1 Å². The lowest BCUT2D eigenvalue weighted by Crippen LogP contribution is -2.42. The van der Waals surface area contributed by atoms with E-state index in [1.807, 2.05) is 0 Å². The number of hydrogen-bond donors (Lipinski definition) is 1. The molecule has 1 fully saturated rings. The maximum Gasteiger partial charge on any atom is 0.207 e. The van der Waals surface area contributed by atoms with E-state index in [1.165, 1.54) is 12.8 Å². The molecule has 1 aliphatic rings. The summed E-state index contributed by atoms with van der Waals surface area (Å²) in [5, 5.41) is 2.97. The SMILES string of the molecule is CC1CCC(C(C)C)C(NC=O)C1. The molecule has 1 rings (SSSR count). The molecule has 3 unspecified atom stereocenters. The zero-order chi connectivity index (χ0) is 9.84. The fourth-order valence-electron chi connectivity index (χ4n) is 2.48. The van der Waals surface area contributed by atoms with E-state index < -0.39 is 0 Å². The van der Waals surface area contributed by atoms with Crippen molar-refractivity contribution in [2.24, 2.45) is 17.8 Å². The topological polar surface area (TPSA) is 29.1 Å². The molecule has 3 atom stereocenters. The molecule has 0 aromatic heterocycles. The molecule has 0 saturated heterocycles. The second-order valence-corrected chi connectivity index (χ2v) is 4.72. The van der Waals surface area contributed by atoms with Crippen LogP contribution in [0.1, 0.15) is 40.0 Å². The number of nitrogens with one attached hydrogen (secondary N) is 1. The fourth-order valence-corrected chi connectivity index (χ4v) is 2.48. The van der Waals surface area contributed by atoms with Gasteiger partial charge >= 0.3 is 0 Å². The van der Waals surface area contributed by atoms with Crippen LogP contribution >= 0.6 is 0 Å². The molecule has 1 N–H and O–H groups in total. The molecule has 2 heteroatoms. The zero-order valence-corrected chi connectivity index (χ0v) is 8.92. The molecule has 0 aromatic rings. The molecule has 0 bridgehead atoms. The van der Waals surface area contributed by atoms with Gasteiger partial charge in [0.1, 0.15) is 0 Å². The minimum absolute atomic E-state index is 0.418. The van der Waals surface area contributed by atoms with E-state index in [0.29, 0.717) is 17.9 Å². The van der Waals surface area contributed by atoms with Crippen molar-refractivity contribution in [2.75, 3.05) is 0 Å². The van der Waals surface area contributed by atoms with Gasteiger partial charge in [-0.15, -0.1) is 0 Å². The molecule has 1 saturated carbocycles. The van der Waals surface area contributed by atoms with E-state index in [0.717, 1.165) is 18.7 Å². The van der Waals surface area contributed by atoms with Gasteiger partial charge in [0.05, 0.1) is 0 Å². The second kappa shape index (κ2) is 4.64. The molecule has 2 nitrogen and oxygen atoms in total. The van der Waals surface area contributed by atoms with Crippen molar-refractivity contribution in [1.29, 1.82) is 0 Å². The summed E-state index contributed by atoms with van der Waals surface area (Å²) < 4.78 is 0. The average molecular weight is 183 g/mol. The average Bonchev–Trinajstić information content (AvgIpc) is 2.04. The molecular formula is C11H21NO. The van der Waals surface area contributed by atoms with Crippen LogP contribution < -0.4 is 5.32 Å². The largest absolute Gasteiger partial charge is 0.356 e. The van der Waals surface area contributed by atoms with Gasteiger partial charge in [-0.2, -0.15) is 0 Å². The second-order valence-electron chi connectivity index (χ2n) is 4.72. The van der Waals surface area contributed by atoms with Crippen LogP contribution in [0.15, 0.2) is 0 Å². The Balaban J connectivity index is 2.54. The number of hydrogen-bond acceptors (Lipinski definition) is 1. The molecule has 0 heterocycles. The van der Waals surface area contributed by atoms with E-state index >= 15 is 0 Å². The Labute approximate surface area is 81.1 Å². The van der Waals surface area contributed by atoms with E-state index in [1.54, 1.807) is 0 Å². The quantitative estimate of drug-likeness (QED) is 0.668. The Morgan fingerprint density at radius 1 is 1.38 bits per heavy atom. The third-order valence-electron chi connectivity index (χ3n) is 3.30. The Kier molecular flexibility index (Phi) is 3.76. The standard InChI is InChI=1S/C11H21NO/c1-8(2)10-5-4-9(3)6-11(10)12-7-13/h7-11H,4-6H2,1-3H3,(H,12,13). The van der Waals surface area contributed by atoms with Gasteiger partial charge in [0.2, 0.25) is 6.41 Å². The molecule has 1 amide bonds. The highest BCUT2D eigenvalue weighted by molar-refractivity contribution is 5.46. The van der Waals surface area contributed by atoms with Gasteiger partial charge in [0, 0.05) is 6.04 Å². The highest BCUT2D eigenvalue weighted by Gasteiger charge is 2.29.